The van der Waals surface area contributed by atoms with Gasteiger partial charge < -0.3 is 44.5 Å². The number of amides is 1. The summed E-state index contributed by atoms with van der Waals surface area (Å²) in [5.74, 6) is -8.84. The third-order valence-electron chi connectivity index (χ3n) is 12.8. The quantitative estimate of drug-likeness (QED) is 0.113. The minimum atomic E-state index is -2.07. The second-order valence-corrected chi connectivity index (χ2v) is 17.6. The lowest BCUT2D eigenvalue weighted by Gasteiger charge is -2.38. The maximum Gasteiger partial charge on any atom is 0.312 e. The minimum absolute atomic E-state index is 0.0251. The number of ketones is 3. The van der Waals surface area contributed by atoms with Gasteiger partial charge in [0, 0.05) is 68.9 Å². The molecule has 9 atom stereocenters. The molecule has 0 aromatic heterocycles. The average Bonchev–Trinajstić information content (AvgIpc) is 3.51. The summed E-state index contributed by atoms with van der Waals surface area (Å²) >= 11 is 0. The number of unbranched alkanes of at least 4 members (excludes halogenated alkanes) is 6. The fourth-order valence-corrected chi connectivity index (χ4v) is 8.77. The van der Waals surface area contributed by atoms with E-state index in [2.05, 4.69) is 19.2 Å². The molecule has 348 valence electrons. The van der Waals surface area contributed by atoms with Gasteiger partial charge in [0.15, 0.2) is 0 Å². The number of rotatable bonds is 13. The van der Waals surface area contributed by atoms with Crippen LogP contribution in [0.4, 0.5) is 0 Å². The first kappa shape index (κ1) is 50.9. The maximum absolute atomic E-state index is 15.2. The summed E-state index contributed by atoms with van der Waals surface area (Å²) < 4.78 is 23.8. The van der Waals surface area contributed by atoms with Crippen LogP contribution in [0.1, 0.15) is 150 Å². The van der Waals surface area contributed by atoms with Crippen LogP contribution in [0.15, 0.2) is 47.5 Å². The number of hydrogen-bond acceptors (Lipinski definition) is 13. The summed E-state index contributed by atoms with van der Waals surface area (Å²) in [6, 6.07) is 0. The van der Waals surface area contributed by atoms with E-state index in [0.29, 0.717) is 25.9 Å². The van der Waals surface area contributed by atoms with Gasteiger partial charge in [0.2, 0.25) is 11.6 Å². The first-order chi connectivity index (χ1) is 29.8. The Bertz CT molecular complexity index is 1990. The number of aromatic hydroxyl groups is 1. The van der Waals surface area contributed by atoms with Gasteiger partial charge in [0.05, 0.1) is 41.3 Å². The summed E-state index contributed by atoms with van der Waals surface area (Å²) in [6.45, 7) is 17.5. The lowest BCUT2D eigenvalue weighted by Crippen LogP contribution is -2.46. The summed E-state index contributed by atoms with van der Waals surface area (Å²) in [4.78, 5) is 72.9. The number of ether oxygens (including phenoxy) is 4. The second kappa shape index (κ2) is 22.2. The molecule has 0 saturated heterocycles. The number of methoxy groups -OCH3 is 1. The fourth-order valence-electron chi connectivity index (χ4n) is 8.77. The van der Waals surface area contributed by atoms with Crippen LogP contribution in [0, 0.1) is 30.6 Å². The van der Waals surface area contributed by atoms with Crippen molar-refractivity contribution < 1.29 is 58.2 Å². The molecule has 3 aliphatic heterocycles. The van der Waals surface area contributed by atoms with Gasteiger partial charge in [-0.05, 0) is 32.8 Å². The van der Waals surface area contributed by atoms with Crippen LogP contribution in [0.5, 0.6) is 11.5 Å². The molecule has 0 spiro atoms. The molecule has 1 aromatic carbocycles. The monoisotopic (exact) mass is 878 g/mol. The minimum Gasteiger partial charge on any atom is -0.507 e. The van der Waals surface area contributed by atoms with Gasteiger partial charge in [0.1, 0.15) is 29.0 Å². The van der Waals surface area contributed by atoms with E-state index in [1.807, 2.05) is 4.90 Å². The molecule has 3 heterocycles. The number of Topliss-reactive ketones (excluding diaryl/α,β-unsaturated/α-hetero) is 3. The zero-order valence-corrected chi connectivity index (χ0v) is 39.0. The van der Waals surface area contributed by atoms with Gasteiger partial charge in [-0.2, -0.15) is 0 Å². The van der Waals surface area contributed by atoms with Crippen molar-refractivity contribution in [3.05, 3.63) is 69.8 Å². The predicted octanol–water partition coefficient (Wildman–Crippen LogP) is 7.42. The second-order valence-electron chi connectivity index (χ2n) is 17.6. The van der Waals surface area contributed by atoms with Gasteiger partial charge in [-0.15, -0.1) is 0 Å². The lowest BCUT2D eigenvalue weighted by atomic mass is 9.78. The fraction of sp³-hybridized carbons (Fsp3) is 0.612. The molecule has 63 heavy (non-hydrogen) atoms. The van der Waals surface area contributed by atoms with E-state index in [1.165, 1.54) is 46.3 Å². The van der Waals surface area contributed by atoms with Crippen molar-refractivity contribution in [1.82, 2.24) is 10.2 Å². The Morgan fingerprint density at radius 3 is 2.03 bits per heavy atom. The number of aliphatic hydroxyl groups excluding tert-OH is 2. The summed E-state index contributed by atoms with van der Waals surface area (Å²) in [5.41, 5.74) is -1.14. The zero-order valence-electron chi connectivity index (χ0n) is 39.0. The van der Waals surface area contributed by atoms with Crippen LogP contribution < -0.4 is 10.1 Å². The zero-order chi connectivity index (χ0) is 46.9. The van der Waals surface area contributed by atoms with E-state index in [0.717, 1.165) is 38.5 Å². The molecule has 0 fully saturated rings. The number of carbonyl (C=O) groups is 5. The Morgan fingerprint density at radius 1 is 0.841 bits per heavy atom. The molecule has 14 heteroatoms. The van der Waals surface area contributed by atoms with Crippen LogP contribution >= 0.6 is 0 Å². The molecular formula is C49H70N2O12. The Morgan fingerprint density at radius 2 is 1.46 bits per heavy atom. The van der Waals surface area contributed by atoms with Crippen molar-refractivity contribution in [3.63, 3.8) is 0 Å². The van der Waals surface area contributed by atoms with Crippen LogP contribution in [-0.4, -0.2) is 99.8 Å². The normalized spacial score (nSPS) is 28.1. The standard InChI is InChI=1S/C49H70N2O12/c1-12-14-16-18-24-51(25-19-17-15-13-2)39-38-43(56)36-35(44(39)57)37-46(32(8)42(36)55)63-49(10,47(37)58)61-26-23-34(60-11)29(5)45(62-33(9)52)31(7)41(54)30(6)40(53)27(3)21-20-22-28(4)48(59)50-38/h20-23,26-27,29-31,34,40-41,45,53-55H,12-19,24-25H2,1-11H3,(H,50,59). The van der Waals surface area contributed by atoms with E-state index in [4.69, 9.17) is 18.9 Å². The van der Waals surface area contributed by atoms with Crippen molar-refractivity contribution >= 4 is 29.2 Å². The molecular weight excluding hydrogens is 809 g/mol. The molecule has 1 aliphatic carbocycles. The molecule has 4 N–H and O–H groups in total. The van der Waals surface area contributed by atoms with Gasteiger partial charge >= 0.3 is 11.8 Å². The number of phenolic OH excluding ortho intramolecular Hbond substituents is 1. The molecule has 4 aliphatic rings. The third-order valence-corrected chi connectivity index (χ3v) is 12.8. The number of phenols is 1. The van der Waals surface area contributed by atoms with Crippen LogP contribution in [0.2, 0.25) is 0 Å². The van der Waals surface area contributed by atoms with Gasteiger partial charge in [-0.25, -0.2) is 0 Å². The highest BCUT2D eigenvalue weighted by Gasteiger charge is 2.53. The molecule has 5 bridgehead atoms. The molecule has 1 amide bonds. The van der Waals surface area contributed by atoms with E-state index < -0.39 is 94.4 Å². The van der Waals surface area contributed by atoms with Gasteiger partial charge in [-0.1, -0.05) is 98.3 Å². The van der Waals surface area contributed by atoms with Crippen LogP contribution in [0.25, 0.3) is 0 Å². The Kier molecular flexibility index (Phi) is 17.9. The summed E-state index contributed by atoms with van der Waals surface area (Å²) in [6.07, 6.45) is 10.6. The molecule has 14 nitrogen and oxygen atoms in total. The summed E-state index contributed by atoms with van der Waals surface area (Å²) in [5, 5.41) is 37.4. The average molecular weight is 879 g/mol. The van der Waals surface area contributed by atoms with Crippen LogP contribution in [0.3, 0.4) is 0 Å². The number of carbonyl (C=O) groups excluding carboxylic acids is 5. The van der Waals surface area contributed by atoms with Gasteiger partial charge in [-0.3, -0.25) is 24.0 Å². The number of aliphatic hydroxyl groups is 2. The van der Waals surface area contributed by atoms with Crippen molar-refractivity contribution in [2.75, 3.05) is 20.2 Å². The lowest BCUT2D eigenvalue weighted by molar-refractivity contribution is -0.160. The number of esters is 1. The number of allylic oxidation sites excluding steroid dienone is 4. The number of nitrogens with zero attached hydrogens (tertiary/aromatic N) is 1. The third kappa shape index (κ3) is 11.1. The number of benzene rings is 1. The van der Waals surface area contributed by atoms with E-state index >= 15 is 4.79 Å². The van der Waals surface area contributed by atoms with Crippen molar-refractivity contribution in [1.29, 1.82) is 0 Å². The van der Waals surface area contributed by atoms with E-state index in [-0.39, 0.29) is 39.4 Å². The predicted molar refractivity (Wildman–Crippen MR) is 238 cm³/mol. The largest absolute Gasteiger partial charge is 0.507 e. The first-order valence-electron chi connectivity index (χ1n) is 22.6. The molecule has 0 radical (unpaired) electrons. The maximum atomic E-state index is 15.2. The highest BCUT2D eigenvalue weighted by molar-refractivity contribution is 6.32. The summed E-state index contributed by atoms with van der Waals surface area (Å²) in [7, 11) is 1.44. The Hall–Kier alpha value is -4.79. The van der Waals surface area contributed by atoms with Crippen molar-refractivity contribution in [3.8, 4) is 11.5 Å². The van der Waals surface area contributed by atoms with Crippen molar-refractivity contribution in [2.45, 2.75) is 151 Å². The van der Waals surface area contributed by atoms with Gasteiger partial charge in [0.25, 0.3) is 11.7 Å². The SMILES string of the molecule is CCCCCCN(CCCCCC)C1=C2NC(=O)C(C)=CC=CC(C)C(O)C(C)C(O)C(C)C(OC(C)=O)C(C)C(OC)C=COC3(C)Oc4c(C)c(O)c(c(c4C3=O)C1=O)C2=O. The highest BCUT2D eigenvalue weighted by Crippen LogP contribution is 2.49. The first-order valence-corrected chi connectivity index (χ1v) is 22.6. The molecule has 1 aromatic rings. The van der Waals surface area contributed by atoms with Crippen molar-refractivity contribution in [2.24, 2.45) is 23.7 Å². The van der Waals surface area contributed by atoms with E-state index in [1.54, 1.807) is 46.8 Å². The number of fused-ring (bicyclic) bond motifs is 14. The Balaban J connectivity index is 1.96. The molecule has 5 rings (SSSR count). The number of nitrogens with one attached hydrogen (secondary N) is 1. The van der Waals surface area contributed by atoms with Crippen LogP contribution in [-0.2, 0) is 23.8 Å². The topological polar surface area (TPSA) is 198 Å². The highest BCUT2D eigenvalue weighted by atomic mass is 16.7. The smallest absolute Gasteiger partial charge is 0.312 e. The molecule has 9 unspecified atom stereocenters. The Labute approximate surface area is 372 Å². The van der Waals surface area contributed by atoms with E-state index in [9.17, 15) is 34.5 Å². The molecule has 0 saturated carbocycles. The number of hydrogen-bond donors (Lipinski definition) is 4.